The average molecular weight is 395 g/mol. The van der Waals surface area contributed by atoms with Gasteiger partial charge in [-0.3, -0.25) is 4.79 Å². The Labute approximate surface area is 159 Å². The molecule has 148 valence electrons. The Balaban J connectivity index is 1.59. The summed E-state index contributed by atoms with van der Waals surface area (Å²) in [4.78, 5) is 25.4. The minimum atomic E-state index is -3.43. The minimum absolute atomic E-state index is 0.0110. The van der Waals surface area contributed by atoms with E-state index in [9.17, 15) is 18.0 Å². The van der Waals surface area contributed by atoms with Crippen molar-refractivity contribution in [3.63, 3.8) is 0 Å². The number of rotatable bonds is 5. The van der Waals surface area contributed by atoms with Gasteiger partial charge in [0.15, 0.2) is 9.84 Å². The molecule has 2 saturated heterocycles. The van der Waals surface area contributed by atoms with Crippen LogP contribution in [-0.2, 0) is 21.2 Å². The van der Waals surface area contributed by atoms with Crippen molar-refractivity contribution in [3.8, 4) is 5.75 Å². The molecular weight excluding hydrogens is 370 g/mol. The van der Waals surface area contributed by atoms with Crippen LogP contribution in [0.2, 0.25) is 0 Å². The molecule has 2 fully saturated rings. The summed E-state index contributed by atoms with van der Waals surface area (Å²) in [6.45, 7) is 4.78. The highest BCUT2D eigenvalue weighted by Crippen LogP contribution is 2.44. The van der Waals surface area contributed by atoms with Gasteiger partial charge in [0.25, 0.3) is 0 Å². The predicted octanol–water partition coefficient (Wildman–Crippen LogP) is 0.578. The number of carbonyl (C=O) groups excluding carboxylic acids is 2. The van der Waals surface area contributed by atoms with Gasteiger partial charge in [0.05, 0.1) is 18.3 Å². The lowest BCUT2D eigenvalue weighted by atomic mass is 9.83. The van der Waals surface area contributed by atoms with E-state index in [4.69, 9.17) is 10.5 Å². The summed E-state index contributed by atoms with van der Waals surface area (Å²) in [6, 6.07) is 5.33. The van der Waals surface area contributed by atoms with Crippen LogP contribution in [0.3, 0.4) is 0 Å². The van der Waals surface area contributed by atoms with Crippen LogP contribution in [0.15, 0.2) is 18.2 Å². The van der Waals surface area contributed by atoms with Crippen molar-refractivity contribution in [2.24, 2.45) is 11.7 Å². The Kier molecular flexibility index (Phi) is 5.07. The van der Waals surface area contributed by atoms with Crippen molar-refractivity contribution in [1.29, 1.82) is 0 Å². The number of urea groups is 1. The number of likely N-dealkylation sites (tertiary alicyclic amines) is 1. The highest BCUT2D eigenvalue weighted by atomic mass is 32.2. The summed E-state index contributed by atoms with van der Waals surface area (Å²) in [5.74, 6) is -0.580. The molecule has 3 amide bonds. The topological polar surface area (TPSA) is 119 Å². The van der Waals surface area contributed by atoms with Crippen molar-refractivity contribution in [2.75, 3.05) is 25.4 Å². The molecule has 1 unspecified atom stereocenters. The summed E-state index contributed by atoms with van der Waals surface area (Å²) < 4.78 is 29.0. The first-order valence-electron chi connectivity index (χ1n) is 8.97. The molecule has 3 N–H and O–H groups in total. The van der Waals surface area contributed by atoms with Crippen LogP contribution in [0, 0.1) is 12.8 Å². The fourth-order valence-corrected chi connectivity index (χ4v) is 6.27. The van der Waals surface area contributed by atoms with Crippen LogP contribution in [0.4, 0.5) is 4.79 Å². The number of aryl methyl sites for hydroxylation is 1. The number of carbonyl (C=O) groups is 2. The quantitative estimate of drug-likeness (QED) is 0.756. The van der Waals surface area contributed by atoms with Gasteiger partial charge >= 0.3 is 6.03 Å². The van der Waals surface area contributed by atoms with Gasteiger partial charge in [-0.15, -0.1) is 0 Å². The number of hydrogen-bond donors (Lipinski definition) is 2. The maximum Gasteiger partial charge on any atom is 0.317 e. The third-order valence-electron chi connectivity index (χ3n) is 5.46. The second-order valence-electron chi connectivity index (χ2n) is 7.17. The standard InChI is InChI=1S/C18H25N3O5S/c1-3-26-15-5-4-13(8-12(15)2)9-20-17(23)21-10-18(11-21)14(16(19)22)6-7-27(18,24)25/h4-5,8,14H,3,6-7,9-11H2,1-2H3,(H2,19,22)(H,20,23). The Morgan fingerprint density at radius 1 is 1.37 bits per heavy atom. The first-order valence-corrected chi connectivity index (χ1v) is 10.6. The molecule has 2 aliphatic rings. The molecule has 9 heteroatoms. The highest BCUT2D eigenvalue weighted by molar-refractivity contribution is 7.93. The van der Waals surface area contributed by atoms with Gasteiger partial charge in [0.2, 0.25) is 5.91 Å². The Bertz CT molecular complexity index is 862. The van der Waals surface area contributed by atoms with E-state index in [0.717, 1.165) is 16.9 Å². The maximum absolute atomic E-state index is 12.4. The first kappa shape index (κ1) is 19.5. The lowest BCUT2D eigenvalue weighted by molar-refractivity contribution is -0.124. The van der Waals surface area contributed by atoms with Crippen LogP contribution in [-0.4, -0.2) is 55.5 Å². The molecule has 27 heavy (non-hydrogen) atoms. The lowest BCUT2D eigenvalue weighted by Gasteiger charge is -2.48. The van der Waals surface area contributed by atoms with E-state index >= 15 is 0 Å². The number of nitrogens with zero attached hydrogens (tertiary/aromatic N) is 1. The molecule has 1 atom stereocenters. The third-order valence-corrected chi connectivity index (χ3v) is 8.01. The molecule has 8 nitrogen and oxygen atoms in total. The number of hydrogen-bond acceptors (Lipinski definition) is 5. The summed E-state index contributed by atoms with van der Waals surface area (Å²) in [7, 11) is -3.43. The number of sulfone groups is 1. The minimum Gasteiger partial charge on any atom is -0.494 e. The Hall–Kier alpha value is -2.29. The van der Waals surface area contributed by atoms with Gasteiger partial charge in [-0.2, -0.15) is 0 Å². The monoisotopic (exact) mass is 395 g/mol. The van der Waals surface area contributed by atoms with Gasteiger partial charge in [-0.05, 0) is 37.5 Å². The Morgan fingerprint density at radius 3 is 2.67 bits per heavy atom. The molecule has 2 heterocycles. The van der Waals surface area contributed by atoms with E-state index in [1.807, 2.05) is 32.0 Å². The van der Waals surface area contributed by atoms with Gasteiger partial charge in [-0.1, -0.05) is 12.1 Å². The molecule has 0 radical (unpaired) electrons. The van der Waals surface area contributed by atoms with Crippen molar-refractivity contribution in [1.82, 2.24) is 10.2 Å². The number of nitrogens with one attached hydrogen (secondary N) is 1. The van der Waals surface area contributed by atoms with Crippen LogP contribution >= 0.6 is 0 Å². The van der Waals surface area contributed by atoms with Crippen LogP contribution in [0.1, 0.15) is 24.5 Å². The molecule has 2 aliphatic heterocycles. The van der Waals surface area contributed by atoms with Crippen LogP contribution in [0.25, 0.3) is 0 Å². The van der Waals surface area contributed by atoms with Crippen LogP contribution < -0.4 is 15.8 Å². The number of benzene rings is 1. The molecule has 0 aliphatic carbocycles. The zero-order valence-electron chi connectivity index (χ0n) is 15.5. The van der Waals surface area contributed by atoms with Crippen molar-refractivity contribution < 1.29 is 22.7 Å². The number of primary amides is 1. The van der Waals surface area contributed by atoms with Crippen molar-refractivity contribution in [3.05, 3.63) is 29.3 Å². The SMILES string of the molecule is CCOc1ccc(CNC(=O)N2CC3(C2)C(C(N)=O)CCS3(=O)=O)cc1C. The van der Waals surface area contributed by atoms with Crippen molar-refractivity contribution >= 4 is 21.8 Å². The number of ether oxygens (including phenoxy) is 1. The van der Waals surface area contributed by atoms with E-state index in [1.54, 1.807) is 0 Å². The molecule has 0 bridgehead atoms. The summed E-state index contributed by atoms with van der Waals surface area (Å²) in [5, 5.41) is 2.79. The maximum atomic E-state index is 12.4. The second-order valence-corrected chi connectivity index (χ2v) is 9.63. The van der Waals surface area contributed by atoms with E-state index in [1.165, 1.54) is 4.90 Å². The second kappa shape index (κ2) is 7.03. The smallest absolute Gasteiger partial charge is 0.317 e. The van der Waals surface area contributed by atoms with Gasteiger partial charge < -0.3 is 20.7 Å². The van der Waals surface area contributed by atoms with Crippen LogP contribution in [0.5, 0.6) is 5.75 Å². The summed E-state index contributed by atoms with van der Waals surface area (Å²) in [5.41, 5.74) is 7.27. The predicted molar refractivity (Wildman–Crippen MR) is 100.0 cm³/mol. The van der Waals surface area contributed by atoms with E-state index in [-0.39, 0.29) is 31.3 Å². The van der Waals surface area contributed by atoms with E-state index in [2.05, 4.69) is 5.32 Å². The summed E-state index contributed by atoms with van der Waals surface area (Å²) >= 11 is 0. The summed E-state index contributed by atoms with van der Waals surface area (Å²) in [6.07, 6.45) is 0.235. The van der Waals surface area contributed by atoms with E-state index < -0.39 is 26.4 Å². The van der Waals surface area contributed by atoms with Crippen molar-refractivity contribution in [2.45, 2.75) is 31.6 Å². The molecule has 1 aromatic carbocycles. The number of nitrogens with two attached hydrogens (primary N) is 1. The highest BCUT2D eigenvalue weighted by Gasteiger charge is 2.64. The third kappa shape index (κ3) is 3.36. The fourth-order valence-electron chi connectivity index (χ4n) is 3.95. The molecule has 1 aromatic rings. The van der Waals surface area contributed by atoms with Gasteiger partial charge in [-0.25, -0.2) is 13.2 Å². The van der Waals surface area contributed by atoms with E-state index in [0.29, 0.717) is 13.2 Å². The molecule has 0 saturated carbocycles. The van der Waals surface area contributed by atoms with Gasteiger partial charge in [0, 0.05) is 19.6 Å². The molecule has 0 aromatic heterocycles. The molecule has 1 spiro atoms. The normalized spacial score (nSPS) is 22.3. The Morgan fingerprint density at radius 2 is 2.07 bits per heavy atom. The molecular formula is C18H25N3O5S. The first-order chi connectivity index (χ1) is 12.7. The van der Waals surface area contributed by atoms with Gasteiger partial charge in [0.1, 0.15) is 10.5 Å². The molecule has 3 rings (SSSR count). The average Bonchev–Trinajstić information content (AvgIpc) is 2.85. The number of amides is 3. The largest absolute Gasteiger partial charge is 0.494 e. The zero-order chi connectivity index (χ0) is 19.8. The lowest BCUT2D eigenvalue weighted by Crippen LogP contribution is -2.70. The fraction of sp³-hybridized carbons (Fsp3) is 0.556. The zero-order valence-corrected chi connectivity index (χ0v) is 16.3.